The third-order valence-corrected chi connectivity index (χ3v) is 4.37. The van der Waals surface area contributed by atoms with Crippen molar-refractivity contribution < 1.29 is 9.90 Å². The maximum absolute atomic E-state index is 12.4. The lowest BCUT2D eigenvalue weighted by Gasteiger charge is -2.41. The molecule has 2 aliphatic rings. The number of aliphatic hydroxyl groups excluding tert-OH is 1. The highest BCUT2D eigenvalue weighted by Crippen LogP contribution is 2.33. The number of piperidine rings is 1. The van der Waals surface area contributed by atoms with E-state index in [1.54, 1.807) is 4.90 Å². The van der Waals surface area contributed by atoms with E-state index in [4.69, 9.17) is 0 Å². The molecule has 0 aromatic rings. The predicted molar refractivity (Wildman–Crippen MR) is 71.4 cm³/mol. The maximum atomic E-state index is 12.4. The summed E-state index contributed by atoms with van der Waals surface area (Å²) < 4.78 is 0. The smallest absolute Gasteiger partial charge is 0.320 e. The van der Waals surface area contributed by atoms with E-state index in [1.807, 2.05) is 11.9 Å². The van der Waals surface area contributed by atoms with Crippen LogP contribution in [0.5, 0.6) is 0 Å². The van der Waals surface area contributed by atoms with E-state index in [0.29, 0.717) is 24.5 Å². The van der Waals surface area contributed by atoms with Gasteiger partial charge in [-0.05, 0) is 51.9 Å². The summed E-state index contributed by atoms with van der Waals surface area (Å²) in [7, 11) is 1.81. The molecular formula is C14H26N2O2. The van der Waals surface area contributed by atoms with Gasteiger partial charge in [0.05, 0.1) is 6.10 Å². The molecule has 1 aliphatic carbocycles. The third-order valence-electron chi connectivity index (χ3n) is 4.37. The summed E-state index contributed by atoms with van der Waals surface area (Å²) in [6, 6.07) is 0.720. The summed E-state index contributed by atoms with van der Waals surface area (Å²) in [5.41, 5.74) is 0. The molecule has 18 heavy (non-hydrogen) atoms. The molecule has 3 atom stereocenters. The maximum Gasteiger partial charge on any atom is 0.320 e. The van der Waals surface area contributed by atoms with Crippen molar-refractivity contribution in [2.45, 2.75) is 64.1 Å². The monoisotopic (exact) mass is 254 g/mol. The van der Waals surface area contributed by atoms with Crippen LogP contribution >= 0.6 is 0 Å². The molecule has 2 fully saturated rings. The molecule has 1 aliphatic heterocycles. The molecule has 1 heterocycles. The van der Waals surface area contributed by atoms with Gasteiger partial charge in [0.15, 0.2) is 0 Å². The normalized spacial score (nSPS) is 30.1. The number of likely N-dealkylation sites (tertiary alicyclic amines) is 1. The van der Waals surface area contributed by atoms with E-state index in [2.05, 4.69) is 13.8 Å². The Bertz CT molecular complexity index is 294. The van der Waals surface area contributed by atoms with E-state index in [1.165, 1.54) is 6.42 Å². The van der Waals surface area contributed by atoms with Gasteiger partial charge in [0, 0.05) is 25.7 Å². The molecule has 0 aromatic heterocycles. The number of carbonyl (C=O) groups excluding carboxylic acids is 1. The highest BCUT2D eigenvalue weighted by molar-refractivity contribution is 5.75. The topological polar surface area (TPSA) is 43.8 Å². The molecule has 4 nitrogen and oxygen atoms in total. The van der Waals surface area contributed by atoms with Crippen molar-refractivity contribution in [2.75, 3.05) is 13.6 Å². The van der Waals surface area contributed by atoms with Crippen LogP contribution < -0.4 is 0 Å². The van der Waals surface area contributed by atoms with Crippen LogP contribution in [-0.4, -0.2) is 52.7 Å². The quantitative estimate of drug-likeness (QED) is 0.838. The lowest BCUT2D eigenvalue weighted by atomic mass is 9.98. The average molecular weight is 254 g/mol. The molecule has 2 amide bonds. The van der Waals surface area contributed by atoms with Crippen LogP contribution in [0.3, 0.4) is 0 Å². The molecule has 3 unspecified atom stereocenters. The van der Waals surface area contributed by atoms with Crippen LogP contribution in [0.2, 0.25) is 0 Å². The molecular weight excluding hydrogens is 228 g/mol. The Balaban J connectivity index is 1.91. The van der Waals surface area contributed by atoms with E-state index in [0.717, 1.165) is 25.7 Å². The van der Waals surface area contributed by atoms with Crippen molar-refractivity contribution in [2.24, 2.45) is 5.92 Å². The van der Waals surface area contributed by atoms with Crippen LogP contribution in [0.25, 0.3) is 0 Å². The summed E-state index contributed by atoms with van der Waals surface area (Å²) >= 11 is 0. The Morgan fingerprint density at radius 1 is 1.28 bits per heavy atom. The van der Waals surface area contributed by atoms with Crippen LogP contribution in [0.1, 0.15) is 46.0 Å². The van der Waals surface area contributed by atoms with Gasteiger partial charge in [-0.3, -0.25) is 0 Å². The highest BCUT2D eigenvalue weighted by atomic mass is 16.3. The minimum atomic E-state index is -0.339. The van der Waals surface area contributed by atoms with Gasteiger partial charge in [0.25, 0.3) is 0 Å². The van der Waals surface area contributed by atoms with Crippen LogP contribution in [-0.2, 0) is 0 Å². The van der Waals surface area contributed by atoms with Gasteiger partial charge in [-0.1, -0.05) is 0 Å². The Morgan fingerprint density at radius 2 is 1.83 bits per heavy atom. The molecule has 0 bridgehead atoms. The average Bonchev–Trinajstić information content (AvgIpc) is 3.12. The second kappa shape index (κ2) is 5.47. The fourth-order valence-corrected chi connectivity index (χ4v) is 2.98. The van der Waals surface area contributed by atoms with Gasteiger partial charge in [0.1, 0.15) is 0 Å². The van der Waals surface area contributed by atoms with Crippen molar-refractivity contribution in [3.05, 3.63) is 0 Å². The van der Waals surface area contributed by atoms with E-state index >= 15 is 0 Å². The van der Waals surface area contributed by atoms with Gasteiger partial charge < -0.3 is 14.9 Å². The Morgan fingerprint density at radius 3 is 2.33 bits per heavy atom. The molecule has 4 heteroatoms. The Labute approximate surface area is 110 Å². The first-order chi connectivity index (χ1) is 8.50. The van der Waals surface area contributed by atoms with Gasteiger partial charge in [-0.25, -0.2) is 4.79 Å². The van der Waals surface area contributed by atoms with Gasteiger partial charge in [0.2, 0.25) is 0 Å². The lowest BCUT2D eigenvalue weighted by molar-refractivity contribution is 0.0728. The van der Waals surface area contributed by atoms with Gasteiger partial charge in [-0.2, -0.15) is 0 Å². The van der Waals surface area contributed by atoms with Crippen molar-refractivity contribution in [3.63, 3.8) is 0 Å². The van der Waals surface area contributed by atoms with Crippen molar-refractivity contribution >= 4 is 6.03 Å². The van der Waals surface area contributed by atoms with E-state index in [9.17, 15) is 9.90 Å². The first-order valence-electron chi connectivity index (χ1n) is 7.22. The number of aliphatic hydroxyl groups is 1. The van der Waals surface area contributed by atoms with Crippen molar-refractivity contribution in [1.82, 2.24) is 9.80 Å². The SMILES string of the molecule is CC1CCCC(C)N1C(=O)N(C)CC(O)C1CC1. The standard InChI is InChI=1S/C14H26N2O2/c1-10-5-4-6-11(2)16(10)14(18)15(3)9-13(17)12-7-8-12/h10-13,17H,4-9H2,1-3H3. The largest absolute Gasteiger partial charge is 0.391 e. The van der Waals surface area contributed by atoms with Gasteiger partial charge >= 0.3 is 6.03 Å². The second-order valence-electron chi connectivity index (χ2n) is 6.10. The predicted octanol–water partition coefficient (Wildman–Crippen LogP) is 2.07. The Kier molecular flexibility index (Phi) is 4.15. The first-order valence-corrected chi connectivity index (χ1v) is 7.22. The number of likely N-dealkylation sites (N-methyl/N-ethyl adjacent to an activating group) is 1. The van der Waals surface area contributed by atoms with Crippen LogP contribution in [0.4, 0.5) is 4.79 Å². The fraction of sp³-hybridized carbons (Fsp3) is 0.929. The van der Waals surface area contributed by atoms with Crippen LogP contribution in [0, 0.1) is 5.92 Å². The number of nitrogens with zero attached hydrogens (tertiary/aromatic N) is 2. The molecule has 0 radical (unpaired) electrons. The third kappa shape index (κ3) is 2.97. The lowest BCUT2D eigenvalue weighted by Crippen LogP contribution is -2.53. The van der Waals surface area contributed by atoms with E-state index in [-0.39, 0.29) is 12.1 Å². The molecule has 1 N–H and O–H groups in total. The van der Waals surface area contributed by atoms with Crippen molar-refractivity contribution in [1.29, 1.82) is 0 Å². The zero-order valence-electron chi connectivity index (χ0n) is 11.8. The summed E-state index contributed by atoms with van der Waals surface area (Å²) in [4.78, 5) is 16.1. The summed E-state index contributed by atoms with van der Waals surface area (Å²) in [6.07, 6.45) is 5.28. The zero-order valence-corrected chi connectivity index (χ0v) is 11.8. The summed E-state index contributed by atoms with van der Waals surface area (Å²) in [5, 5.41) is 9.93. The van der Waals surface area contributed by atoms with Gasteiger partial charge in [-0.15, -0.1) is 0 Å². The molecule has 2 rings (SSSR count). The minimum Gasteiger partial charge on any atom is -0.391 e. The number of carbonyl (C=O) groups is 1. The number of hydrogen-bond acceptors (Lipinski definition) is 2. The van der Waals surface area contributed by atoms with Crippen LogP contribution in [0.15, 0.2) is 0 Å². The molecule has 1 saturated carbocycles. The van der Waals surface area contributed by atoms with Crippen molar-refractivity contribution in [3.8, 4) is 0 Å². The fourth-order valence-electron chi connectivity index (χ4n) is 2.98. The summed E-state index contributed by atoms with van der Waals surface area (Å²) in [5.74, 6) is 0.427. The number of hydrogen-bond donors (Lipinski definition) is 1. The summed E-state index contributed by atoms with van der Waals surface area (Å²) in [6.45, 7) is 4.72. The number of amides is 2. The first kappa shape index (κ1) is 13.7. The highest BCUT2D eigenvalue weighted by Gasteiger charge is 2.34. The molecule has 0 aromatic carbocycles. The minimum absolute atomic E-state index is 0.0781. The number of rotatable bonds is 3. The zero-order chi connectivity index (χ0) is 13.3. The molecule has 104 valence electrons. The molecule has 1 saturated heterocycles. The van der Waals surface area contributed by atoms with E-state index < -0.39 is 0 Å². The number of urea groups is 1. The molecule has 0 spiro atoms. The second-order valence-corrected chi connectivity index (χ2v) is 6.10. The Hall–Kier alpha value is -0.770.